The van der Waals surface area contributed by atoms with E-state index in [1.807, 2.05) is 31.3 Å². The molecule has 0 saturated carbocycles. The Bertz CT molecular complexity index is 822. The fraction of sp³-hybridized carbons (Fsp3) is 0.450. The van der Waals surface area contributed by atoms with E-state index < -0.39 is 10.0 Å². The lowest BCUT2D eigenvalue weighted by Crippen LogP contribution is -2.26. The van der Waals surface area contributed by atoms with Gasteiger partial charge in [0.05, 0.1) is 5.75 Å². The average Bonchev–Trinajstić information content (AvgIpc) is 2.83. The molecule has 2 N–H and O–H groups in total. The van der Waals surface area contributed by atoms with Crippen LogP contribution in [0.4, 0.5) is 0 Å². The zero-order chi connectivity index (χ0) is 18.4. The lowest BCUT2D eigenvalue weighted by molar-refractivity contribution is 0.534. The van der Waals surface area contributed by atoms with Crippen molar-refractivity contribution in [1.29, 1.82) is 0 Å². The standard InChI is InChI=1S/C20H27N3O2S/c1-2-12-26(24,25)23-15-16-8-9-17-6-5-11-22-20(19(17)13-16)14-18-7-3-4-10-21-18/h3-4,7-10,13,20,22-23H,2,5-6,11-12,14-15H2,1H3. The van der Waals surface area contributed by atoms with Gasteiger partial charge in [-0.05, 0) is 54.6 Å². The molecular weight excluding hydrogens is 346 g/mol. The molecule has 0 radical (unpaired) electrons. The fourth-order valence-corrected chi connectivity index (χ4v) is 4.48. The number of hydrogen-bond acceptors (Lipinski definition) is 4. The summed E-state index contributed by atoms with van der Waals surface area (Å²) in [5.74, 6) is 0.168. The van der Waals surface area contributed by atoms with Crippen LogP contribution in [0.3, 0.4) is 0 Å². The molecule has 1 aromatic heterocycles. The zero-order valence-electron chi connectivity index (χ0n) is 15.2. The Kier molecular flexibility index (Phi) is 6.40. The van der Waals surface area contributed by atoms with Crippen LogP contribution in [0.2, 0.25) is 0 Å². The third-order valence-corrected chi connectivity index (χ3v) is 6.24. The smallest absolute Gasteiger partial charge is 0.211 e. The summed E-state index contributed by atoms with van der Waals surface area (Å²) in [4.78, 5) is 4.46. The van der Waals surface area contributed by atoms with Crippen molar-refractivity contribution < 1.29 is 8.42 Å². The Hall–Kier alpha value is -1.76. The molecule has 5 nitrogen and oxygen atoms in total. The van der Waals surface area contributed by atoms with Gasteiger partial charge in [0, 0.05) is 30.9 Å². The molecule has 140 valence electrons. The molecule has 6 heteroatoms. The number of rotatable bonds is 7. The molecule has 0 spiro atoms. The van der Waals surface area contributed by atoms with Crippen molar-refractivity contribution in [2.24, 2.45) is 0 Å². The number of hydrogen-bond donors (Lipinski definition) is 2. The van der Waals surface area contributed by atoms with Crippen molar-refractivity contribution in [3.63, 3.8) is 0 Å². The monoisotopic (exact) mass is 373 g/mol. The highest BCUT2D eigenvalue weighted by Crippen LogP contribution is 2.26. The number of nitrogens with zero attached hydrogens (tertiary/aromatic N) is 1. The van der Waals surface area contributed by atoms with E-state index in [1.54, 1.807) is 0 Å². The lowest BCUT2D eigenvalue weighted by Gasteiger charge is -2.20. The maximum Gasteiger partial charge on any atom is 0.211 e. The van der Waals surface area contributed by atoms with Gasteiger partial charge in [-0.2, -0.15) is 0 Å². The van der Waals surface area contributed by atoms with Crippen LogP contribution in [-0.2, 0) is 29.4 Å². The Labute approximate surface area is 156 Å². The Morgan fingerprint density at radius 2 is 2.15 bits per heavy atom. The highest BCUT2D eigenvalue weighted by atomic mass is 32.2. The number of sulfonamides is 1. The molecule has 1 aliphatic heterocycles. The molecule has 1 aliphatic rings. The second kappa shape index (κ2) is 8.75. The van der Waals surface area contributed by atoms with Gasteiger partial charge in [0.1, 0.15) is 0 Å². The van der Waals surface area contributed by atoms with Crippen LogP contribution in [0, 0.1) is 0 Å². The second-order valence-electron chi connectivity index (χ2n) is 6.81. The van der Waals surface area contributed by atoms with Gasteiger partial charge in [0.15, 0.2) is 0 Å². The van der Waals surface area contributed by atoms with E-state index in [9.17, 15) is 8.42 Å². The first-order valence-electron chi connectivity index (χ1n) is 9.30. The van der Waals surface area contributed by atoms with Crippen LogP contribution in [-0.4, -0.2) is 25.7 Å². The predicted octanol–water partition coefficient (Wildman–Crippen LogP) is 2.73. The second-order valence-corrected chi connectivity index (χ2v) is 8.74. The van der Waals surface area contributed by atoms with E-state index in [2.05, 4.69) is 33.2 Å². The summed E-state index contributed by atoms with van der Waals surface area (Å²) in [6.07, 6.45) is 5.43. The fourth-order valence-electron chi connectivity index (χ4n) is 3.42. The summed E-state index contributed by atoms with van der Waals surface area (Å²) in [6.45, 7) is 3.19. The van der Waals surface area contributed by atoms with Crippen molar-refractivity contribution in [1.82, 2.24) is 15.0 Å². The molecule has 0 saturated heterocycles. The molecule has 1 unspecified atom stereocenters. The molecule has 2 aromatic rings. The van der Waals surface area contributed by atoms with Crippen LogP contribution in [0.1, 0.15) is 48.2 Å². The summed E-state index contributed by atoms with van der Waals surface area (Å²) < 4.78 is 26.5. The van der Waals surface area contributed by atoms with E-state index in [4.69, 9.17) is 0 Å². The van der Waals surface area contributed by atoms with Crippen LogP contribution in [0.5, 0.6) is 0 Å². The van der Waals surface area contributed by atoms with Crippen molar-refractivity contribution in [3.8, 4) is 0 Å². The molecule has 2 heterocycles. The highest BCUT2D eigenvalue weighted by molar-refractivity contribution is 7.89. The van der Waals surface area contributed by atoms with Crippen molar-refractivity contribution in [2.75, 3.05) is 12.3 Å². The SMILES string of the molecule is CCCS(=O)(=O)NCc1ccc2c(c1)C(Cc1ccccn1)NCCC2. The third-order valence-electron chi connectivity index (χ3n) is 4.71. The van der Waals surface area contributed by atoms with Crippen molar-refractivity contribution in [3.05, 3.63) is 65.0 Å². The molecule has 26 heavy (non-hydrogen) atoms. The molecule has 0 amide bonds. The van der Waals surface area contributed by atoms with Gasteiger partial charge in [-0.1, -0.05) is 31.2 Å². The number of aryl methyl sites for hydroxylation is 1. The Balaban J connectivity index is 1.80. The molecule has 1 atom stereocenters. The van der Waals surface area contributed by atoms with Gasteiger partial charge in [0.2, 0.25) is 10.0 Å². The van der Waals surface area contributed by atoms with Crippen LogP contribution in [0.15, 0.2) is 42.6 Å². The molecular formula is C20H27N3O2S. The first-order chi connectivity index (χ1) is 12.6. The minimum Gasteiger partial charge on any atom is -0.310 e. The number of nitrogens with one attached hydrogen (secondary N) is 2. The van der Waals surface area contributed by atoms with Gasteiger partial charge in [-0.3, -0.25) is 4.98 Å². The summed E-state index contributed by atoms with van der Waals surface area (Å²) in [7, 11) is -3.20. The van der Waals surface area contributed by atoms with Crippen molar-refractivity contribution in [2.45, 2.75) is 45.2 Å². The number of benzene rings is 1. The van der Waals surface area contributed by atoms with E-state index in [0.29, 0.717) is 13.0 Å². The van der Waals surface area contributed by atoms with Crippen molar-refractivity contribution >= 4 is 10.0 Å². The summed E-state index contributed by atoms with van der Waals surface area (Å²) in [5.41, 5.74) is 4.67. The lowest BCUT2D eigenvalue weighted by atomic mass is 9.94. The van der Waals surface area contributed by atoms with E-state index in [0.717, 1.165) is 37.1 Å². The predicted molar refractivity (Wildman–Crippen MR) is 104 cm³/mol. The van der Waals surface area contributed by atoms with Gasteiger partial charge in [0.25, 0.3) is 0 Å². The molecule has 0 aliphatic carbocycles. The van der Waals surface area contributed by atoms with Gasteiger partial charge in [-0.25, -0.2) is 13.1 Å². The van der Waals surface area contributed by atoms with Crippen LogP contribution in [0.25, 0.3) is 0 Å². The topological polar surface area (TPSA) is 71.1 Å². The maximum absolute atomic E-state index is 11.9. The zero-order valence-corrected chi connectivity index (χ0v) is 16.1. The summed E-state index contributed by atoms with van der Waals surface area (Å²) >= 11 is 0. The number of pyridine rings is 1. The normalized spacial score (nSPS) is 17.5. The minimum absolute atomic E-state index is 0.168. The summed E-state index contributed by atoms with van der Waals surface area (Å²) in [6, 6.07) is 12.5. The minimum atomic E-state index is -3.20. The number of aromatic nitrogens is 1. The average molecular weight is 374 g/mol. The quantitative estimate of drug-likeness (QED) is 0.783. The number of fused-ring (bicyclic) bond motifs is 1. The van der Waals surface area contributed by atoms with E-state index in [-0.39, 0.29) is 11.8 Å². The molecule has 0 fully saturated rings. The van der Waals surface area contributed by atoms with Gasteiger partial charge in [-0.15, -0.1) is 0 Å². The first-order valence-corrected chi connectivity index (χ1v) is 10.9. The first kappa shape index (κ1) is 19.0. The summed E-state index contributed by atoms with van der Waals surface area (Å²) in [5, 5.41) is 3.63. The van der Waals surface area contributed by atoms with E-state index >= 15 is 0 Å². The van der Waals surface area contributed by atoms with Gasteiger partial charge < -0.3 is 5.32 Å². The highest BCUT2D eigenvalue weighted by Gasteiger charge is 2.20. The Morgan fingerprint density at radius 1 is 1.27 bits per heavy atom. The van der Waals surface area contributed by atoms with Crippen LogP contribution >= 0.6 is 0 Å². The van der Waals surface area contributed by atoms with Crippen LogP contribution < -0.4 is 10.0 Å². The largest absolute Gasteiger partial charge is 0.310 e. The maximum atomic E-state index is 11.9. The third kappa shape index (κ3) is 5.13. The van der Waals surface area contributed by atoms with Gasteiger partial charge >= 0.3 is 0 Å². The molecule has 1 aromatic carbocycles. The molecule has 3 rings (SSSR count). The molecule has 0 bridgehead atoms. The van der Waals surface area contributed by atoms with E-state index in [1.165, 1.54) is 11.1 Å². The Morgan fingerprint density at radius 3 is 2.92 bits per heavy atom.